The van der Waals surface area contributed by atoms with Gasteiger partial charge in [-0.2, -0.15) is 0 Å². The van der Waals surface area contributed by atoms with Crippen LogP contribution in [0, 0.1) is 6.92 Å². The van der Waals surface area contributed by atoms with Crippen molar-refractivity contribution in [2.75, 3.05) is 0 Å². The predicted molar refractivity (Wildman–Crippen MR) is 50.9 cm³/mol. The minimum Gasteiger partial charge on any atom is -0.478 e. The van der Waals surface area contributed by atoms with Crippen LogP contribution in [0.1, 0.15) is 26.3 Å². The summed E-state index contributed by atoms with van der Waals surface area (Å²) in [6, 6.07) is 4.20. The van der Waals surface area contributed by atoms with Crippen molar-refractivity contribution >= 4 is 41.5 Å². The van der Waals surface area contributed by atoms with E-state index in [1.165, 1.54) is 12.1 Å². The van der Waals surface area contributed by atoms with E-state index in [0.29, 0.717) is 0 Å². The Balaban J connectivity index is 0.00000169. The van der Waals surface area contributed by atoms with Crippen molar-refractivity contribution in [3.63, 3.8) is 0 Å². The van der Waals surface area contributed by atoms with Gasteiger partial charge in [0.1, 0.15) is 0 Å². The number of carboxylic acid groups (broad SMARTS) is 2. The molecule has 0 spiro atoms. The molecule has 69 valence electrons. The van der Waals surface area contributed by atoms with Gasteiger partial charge in [-0.25, -0.2) is 9.59 Å². The van der Waals surface area contributed by atoms with Gasteiger partial charge in [0.15, 0.2) is 0 Å². The summed E-state index contributed by atoms with van der Waals surface area (Å²) in [6.07, 6.45) is 0. The Labute approximate surface area is 103 Å². The van der Waals surface area contributed by atoms with E-state index in [9.17, 15) is 9.59 Å². The third-order valence-electron chi connectivity index (χ3n) is 1.64. The van der Waals surface area contributed by atoms with Crippen LogP contribution in [0.4, 0.5) is 0 Å². The number of hydrogen-bond donors (Lipinski definition) is 2. The fourth-order valence-corrected chi connectivity index (χ4v) is 1.02. The molecule has 0 aliphatic carbocycles. The Morgan fingerprint density at radius 3 is 2.00 bits per heavy atom. The van der Waals surface area contributed by atoms with Gasteiger partial charge in [0.25, 0.3) is 0 Å². The number of aryl methyl sites for hydroxylation is 1. The Bertz CT molecular complexity index is 373. The fourth-order valence-electron chi connectivity index (χ4n) is 1.02. The maximum absolute atomic E-state index is 10.6. The van der Waals surface area contributed by atoms with Crippen LogP contribution in [0.3, 0.4) is 0 Å². The molecule has 0 aliphatic heterocycles. The average Bonchev–Trinajstić information content (AvgIpc) is 2.03. The first-order chi connectivity index (χ1) is 6.02. The molecule has 0 saturated heterocycles. The Kier molecular flexibility index (Phi) is 4.83. The average molecular weight is 203 g/mol. The molecule has 2 N–H and O–H groups in total. The maximum Gasteiger partial charge on any atom is 0.336 e. The van der Waals surface area contributed by atoms with Crippen LogP contribution in [0.15, 0.2) is 18.2 Å². The molecule has 0 unspecified atom stereocenters. The van der Waals surface area contributed by atoms with Gasteiger partial charge in [0, 0.05) is 29.6 Å². The molecule has 1 aromatic rings. The largest absolute Gasteiger partial charge is 0.478 e. The van der Waals surface area contributed by atoms with E-state index in [1.807, 2.05) is 0 Å². The third-order valence-corrected chi connectivity index (χ3v) is 1.64. The van der Waals surface area contributed by atoms with E-state index < -0.39 is 11.9 Å². The van der Waals surface area contributed by atoms with Crippen molar-refractivity contribution in [2.45, 2.75) is 6.92 Å². The number of benzene rings is 1. The van der Waals surface area contributed by atoms with Crippen LogP contribution in [0.25, 0.3) is 0 Å². The predicted octanol–water partition coefficient (Wildman–Crippen LogP) is 1.01. The zero-order valence-corrected chi connectivity index (χ0v) is 9.94. The van der Waals surface area contributed by atoms with Crippen molar-refractivity contribution in [2.24, 2.45) is 0 Å². The van der Waals surface area contributed by atoms with Crippen LogP contribution in [-0.2, 0) is 0 Å². The fraction of sp³-hybridized carbons (Fsp3) is 0.111. The van der Waals surface area contributed by atoms with Crippen molar-refractivity contribution in [1.82, 2.24) is 0 Å². The van der Waals surface area contributed by atoms with Crippen LogP contribution in [0.5, 0.6) is 0 Å². The van der Waals surface area contributed by atoms with Gasteiger partial charge in [-0.15, -0.1) is 0 Å². The molecule has 0 aromatic heterocycles. The summed E-state index contributed by atoms with van der Waals surface area (Å²) in [6.45, 7) is 1.71. The molecule has 0 atom stereocenters. The van der Waals surface area contributed by atoms with E-state index in [2.05, 4.69) is 0 Å². The van der Waals surface area contributed by atoms with E-state index in [1.54, 1.807) is 13.0 Å². The van der Waals surface area contributed by atoms with Crippen LogP contribution >= 0.6 is 0 Å². The number of aromatic carboxylic acids is 2. The topological polar surface area (TPSA) is 74.6 Å². The summed E-state index contributed by atoms with van der Waals surface area (Å²) in [5.74, 6) is -2.45. The zero-order valence-electron chi connectivity index (χ0n) is 7.94. The monoisotopic (exact) mass is 203 g/mol. The molecule has 1 rings (SSSR count). The van der Waals surface area contributed by atoms with E-state index in [-0.39, 0.29) is 40.7 Å². The van der Waals surface area contributed by atoms with Gasteiger partial charge < -0.3 is 10.2 Å². The van der Waals surface area contributed by atoms with Gasteiger partial charge in [0.2, 0.25) is 0 Å². The van der Waals surface area contributed by atoms with Crippen LogP contribution in [-0.4, -0.2) is 51.7 Å². The number of carboxylic acids is 2. The summed E-state index contributed by atoms with van der Waals surface area (Å²) in [4.78, 5) is 21.2. The summed E-state index contributed by atoms with van der Waals surface area (Å²) in [5, 5.41) is 17.3. The van der Waals surface area contributed by atoms with Gasteiger partial charge in [-0.3, -0.25) is 0 Å². The molecule has 0 bridgehead atoms. The number of carbonyl (C=O) groups is 2. The van der Waals surface area contributed by atoms with E-state index in [4.69, 9.17) is 10.2 Å². The first-order valence-corrected chi connectivity index (χ1v) is 3.59. The summed E-state index contributed by atoms with van der Waals surface area (Å²) >= 11 is 0. The van der Waals surface area contributed by atoms with Crippen molar-refractivity contribution in [3.05, 3.63) is 34.9 Å². The molecule has 1 radical (unpaired) electrons. The summed E-state index contributed by atoms with van der Waals surface area (Å²) < 4.78 is 0. The van der Waals surface area contributed by atoms with Gasteiger partial charge in [0.05, 0.1) is 11.1 Å². The number of hydrogen-bond acceptors (Lipinski definition) is 2. The second-order valence-electron chi connectivity index (χ2n) is 2.66. The summed E-state index contributed by atoms with van der Waals surface area (Å²) in [7, 11) is 0. The van der Waals surface area contributed by atoms with E-state index in [0.717, 1.165) is 5.56 Å². The second-order valence-corrected chi connectivity index (χ2v) is 2.66. The Morgan fingerprint density at radius 2 is 1.57 bits per heavy atom. The molecule has 1 aromatic carbocycles. The van der Waals surface area contributed by atoms with Crippen molar-refractivity contribution < 1.29 is 19.8 Å². The van der Waals surface area contributed by atoms with Crippen LogP contribution < -0.4 is 0 Å². The second kappa shape index (κ2) is 5.14. The minimum absolute atomic E-state index is 0. The molecule has 0 aliphatic rings. The quantitative estimate of drug-likeness (QED) is 0.703. The Morgan fingerprint density at radius 1 is 1.07 bits per heavy atom. The SMILES string of the molecule is Cc1ccc(C(=O)O)c(C(=O)O)c1.[Na]. The Hall–Kier alpha value is -0.840. The third kappa shape index (κ3) is 2.83. The van der Waals surface area contributed by atoms with Gasteiger partial charge in [-0.05, 0) is 19.1 Å². The standard InChI is InChI=1S/C9H8O4.Na/c1-5-2-3-6(8(10)11)7(4-5)9(12)13;/h2-4H,1H3,(H,10,11)(H,12,13);. The minimum atomic E-state index is -1.22. The molecule has 0 saturated carbocycles. The first kappa shape index (κ1) is 13.2. The van der Waals surface area contributed by atoms with E-state index >= 15 is 0 Å². The summed E-state index contributed by atoms with van der Waals surface area (Å²) in [5.41, 5.74) is 0.369. The molecular formula is C9H8NaO4. The van der Waals surface area contributed by atoms with Crippen molar-refractivity contribution in [3.8, 4) is 0 Å². The molecule has 4 nitrogen and oxygen atoms in total. The molecular weight excluding hydrogens is 195 g/mol. The van der Waals surface area contributed by atoms with Crippen LogP contribution in [0.2, 0.25) is 0 Å². The maximum atomic E-state index is 10.6. The van der Waals surface area contributed by atoms with Gasteiger partial charge >= 0.3 is 11.9 Å². The number of rotatable bonds is 2. The normalized spacial score (nSPS) is 8.93. The molecule has 0 amide bonds. The molecule has 14 heavy (non-hydrogen) atoms. The van der Waals surface area contributed by atoms with Crippen molar-refractivity contribution in [1.29, 1.82) is 0 Å². The molecule has 0 fully saturated rings. The smallest absolute Gasteiger partial charge is 0.336 e. The van der Waals surface area contributed by atoms with Gasteiger partial charge in [-0.1, -0.05) is 11.6 Å². The molecule has 5 heteroatoms. The molecule has 0 heterocycles. The first-order valence-electron chi connectivity index (χ1n) is 3.59. The zero-order chi connectivity index (χ0) is 10.0.